The largest absolute Gasteiger partial charge is 0.344 e. The minimum Gasteiger partial charge on any atom is -0.344 e. The highest BCUT2D eigenvalue weighted by Crippen LogP contribution is 2.49. The van der Waals surface area contributed by atoms with E-state index in [9.17, 15) is 9.59 Å². The summed E-state index contributed by atoms with van der Waals surface area (Å²) in [6.07, 6.45) is 7.39. The summed E-state index contributed by atoms with van der Waals surface area (Å²) in [6, 6.07) is 8.01. The maximum atomic E-state index is 13.0. The molecule has 5 heteroatoms. The number of amides is 2. The average Bonchev–Trinajstić information content (AvgIpc) is 2.95. The summed E-state index contributed by atoms with van der Waals surface area (Å²) in [5, 5.41) is 0. The molecule has 1 aliphatic carbocycles. The van der Waals surface area contributed by atoms with Crippen LogP contribution in [0.1, 0.15) is 60.9 Å². The van der Waals surface area contributed by atoms with E-state index in [0.29, 0.717) is 0 Å². The predicted molar refractivity (Wildman–Crippen MR) is 110 cm³/mol. The minimum absolute atomic E-state index is 0.0910. The van der Waals surface area contributed by atoms with E-state index in [2.05, 4.69) is 11.0 Å². The summed E-state index contributed by atoms with van der Waals surface area (Å²) in [6.45, 7) is 4.16. The van der Waals surface area contributed by atoms with Crippen LogP contribution < -0.4 is 0 Å². The van der Waals surface area contributed by atoms with Gasteiger partial charge in [0, 0.05) is 38.7 Å². The SMILES string of the molecule is CN(CCN1CCCCC1)C(=O)[C@H]1CC[C@]2(CC1)c1ccccc1C(=O)N2C. The lowest BCUT2D eigenvalue weighted by Crippen LogP contribution is -2.47. The third kappa shape index (κ3) is 3.34. The molecule has 2 heterocycles. The number of hydrogen-bond acceptors (Lipinski definition) is 3. The first-order chi connectivity index (χ1) is 13.5. The van der Waals surface area contributed by atoms with E-state index < -0.39 is 0 Å². The smallest absolute Gasteiger partial charge is 0.254 e. The molecule has 1 aromatic rings. The van der Waals surface area contributed by atoms with Gasteiger partial charge in [-0.05, 0) is 63.2 Å². The highest BCUT2D eigenvalue weighted by atomic mass is 16.2. The van der Waals surface area contributed by atoms with Crippen molar-refractivity contribution in [3.8, 4) is 0 Å². The van der Waals surface area contributed by atoms with E-state index in [1.165, 1.54) is 32.4 Å². The summed E-state index contributed by atoms with van der Waals surface area (Å²) in [7, 11) is 3.88. The molecule has 1 aromatic carbocycles. The number of benzene rings is 1. The Morgan fingerprint density at radius 3 is 2.54 bits per heavy atom. The second-order valence-corrected chi connectivity index (χ2v) is 8.88. The van der Waals surface area contributed by atoms with Crippen LogP contribution in [0, 0.1) is 5.92 Å². The van der Waals surface area contributed by atoms with E-state index >= 15 is 0 Å². The van der Waals surface area contributed by atoms with Crippen LogP contribution in [0.3, 0.4) is 0 Å². The van der Waals surface area contributed by atoms with Crippen molar-refractivity contribution in [1.29, 1.82) is 0 Å². The number of rotatable bonds is 4. The average molecular weight is 384 g/mol. The fourth-order valence-corrected chi connectivity index (χ4v) is 5.47. The van der Waals surface area contributed by atoms with Crippen molar-refractivity contribution in [2.24, 2.45) is 5.92 Å². The van der Waals surface area contributed by atoms with Crippen molar-refractivity contribution in [1.82, 2.24) is 14.7 Å². The van der Waals surface area contributed by atoms with Crippen LogP contribution in [-0.4, -0.2) is 66.8 Å². The fraction of sp³-hybridized carbons (Fsp3) is 0.652. The van der Waals surface area contributed by atoms with Gasteiger partial charge in [0.25, 0.3) is 5.91 Å². The van der Waals surface area contributed by atoms with E-state index in [-0.39, 0.29) is 23.3 Å². The lowest BCUT2D eigenvalue weighted by molar-refractivity contribution is -0.136. The normalized spacial score (nSPS) is 27.9. The van der Waals surface area contributed by atoms with Gasteiger partial charge in [0.2, 0.25) is 5.91 Å². The number of likely N-dealkylation sites (N-methyl/N-ethyl adjacent to an activating group) is 1. The van der Waals surface area contributed by atoms with Crippen molar-refractivity contribution < 1.29 is 9.59 Å². The summed E-state index contributed by atoms with van der Waals surface area (Å²) in [5.74, 6) is 0.499. The molecule has 0 unspecified atom stereocenters. The maximum absolute atomic E-state index is 13.0. The number of fused-ring (bicyclic) bond motifs is 2. The zero-order valence-electron chi connectivity index (χ0n) is 17.3. The van der Waals surface area contributed by atoms with Gasteiger partial charge in [-0.2, -0.15) is 0 Å². The second-order valence-electron chi connectivity index (χ2n) is 8.88. The molecule has 4 rings (SSSR count). The molecule has 152 valence electrons. The molecule has 0 radical (unpaired) electrons. The molecule has 28 heavy (non-hydrogen) atoms. The van der Waals surface area contributed by atoms with Crippen molar-refractivity contribution in [2.45, 2.75) is 50.5 Å². The van der Waals surface area contributed by atoms with Crippen LogP contribution in [-0.2, 0) is 10.3 Å². The Morgan fingerprint density at radius 1 is 1.14 bits per heavy atom. The number of hydrogen-bond donors (Lipinski definition) is 0. The Labute approximate surface area is 168 Å². The molecule has 0 aromatic heterocycles. The zero-order valence-corrected chi connectivity index (χ0v) is 17.3. The number of carbonyl (C=O) groups excluding carboxylic acids is 2. The Kier molecular flexibility index (Phi) is 5.46. The number of carbonyl (C=O) groups is 2. The Bertz CT molecular complexity index is 733. The Balaban J connectivity index is 1.36. The molecule has 0 N–H and O–H groups in total. The molecule has 2 amide bonds. The van der Waals surface area contributed by atoms with Gasteiger partial charge in [0.15, 0.2) is 0 Å². The Hall–Kier alpha value is -1.88. The van der Waals surface area contributed by atoms with E-state index in [4.69, 9.17) is 0 Å². The standard InChI is InChI=1S/C23H33N3O2/c1-24(16-17-26-14-6-3-7-15-26)21(27)18-10-12-23(13-11-18)20-9-5-4-8-19(20)22(28)25(23)2/h4-5,8-9,18H,3,6-7,10-17H2,1-2H3/t18-,23-. The third-order valence-electron chi connectivity index (χ3n) is 7.34. The van der Waals surface area contributed by atoms with E-state index in [0.717, 1.165) is 49.9 Å². The number of likely N-dealkylation sites (tertiary alicyclic amines) is 1. The first kappa shape index (κ1) is 19.4. The van der Waals surface area contributed by atoms with Crippen molar-refractivity contribution in [2.75, 3.05) is 40.3 Å². The van der Waals surface area contributed by atoms with Gasteiger partial charge in [0.1, 0.15) is 0 Å². The third-order valence-corrected chi connectivity index (χ3v) is 7.34. The van der Waals surface area contributed by atoms with Crippen LogP contribution in [0.15, 0.2) is 24.3 Å². The van der Waals surface area contributed by atoms with Crippen LogP contribution in [0.4, 0.5) is 0 Å². The van der Waals surface area contributed by atoms with Gasteiger partial charge in [-0.15, -0.1) is 0 Å². The molecule has 1 saturated carbocycles. The molecular weight excluding hydrogens is 350 g/mol. The zero-order chi connectivity index (χ0) is 19.7. The van der Waals surface area contributed by atoms with Crippen molar-refractivity contribution in [3.63, 3.8) is 0 Å². The van der Waals surface area contributed by atoms with Gasteiger partial charge in [-0.25, -0.2) is 0 Å². The first-order valence-corrected chi connectivity index (χ1v) is 10.9. The van der Waals surface area contributed by atoms with Gasteiger partial charge >= 0.3 is 0 Å². The van der Waals surface area contributed by atoms with Crippen LogP contribution in [0.5, 0.6) is 0 Å². The molecule has 0 atom stereocenters. The van der Waals surface area contributed by atoms with E-state index in [1.54, 1.807) is 0 Å². The van der Waals surface area contributed by atoms with Crippen LogP contribution in [0.2, 0.25) is 0 Å². The van der Waals surface area contributed by atoms with Crippen LogP contribution >= 0.6 is 0 Å². The van der Waals surface area contributed by atoms with Crippen LogP contribution in [0.25, 0.3) is 0 Å². The highest BCUT2D eigenvalue weighted by Gasteiger charge is 2.49. The predicted octanol–water partition coefficient (Wildman–Crippen LogP) is 3.10. The van der Waals surface area contributed by atoms with Gasteiger partial charge in [0.05, 0.1) is 5.54 Å². The molecule has 1 saturated heterocycles. The quantitative estimate of drug-likeness (QED) is 0.802. The highest BCUT2D eigenvalue weighted by molar-refractivity contribution is 5.99. The maximum Gasteiger partial charge on any atom is 0.254 e. The van der Waals surface area contributed by atoms with Gasteiger partial charge in [-0.3, -0.25) is 9.59 Å². The lowest BCUT2D eigenvalue weighted by atomic mass is 9.72. The molecular formula is C23H33N3O2. The topological polar surface area (TPSA) is 43.9 Å². The molecule has 0 bridgehead atoms. The Morgan fingerprint density at radius 2 is 1.82 bits per heavy atom. The monoisotopic (exact) mass is 383 g/mol. The molecule has 1 spiro atoms. The molecule has 2 fully saturated rings. The van der Waals surface area contributed by atoms with E-state index in [1.807, 2.05) is 42.1 Å². The summed E-state index contributed by atoms with van der Waals surface area (Å²) >= 11 is 0. The fourth-order valence-electron chi connectivity index (χ4n) is 5.47. The number of piperidine rings is 1. The van der Waals surface area contributed by atoms with Gasteiger partial charge in [-0.1, -0.05) is 24.6 Å². The molecule has 5 nitrogen and oxygen atoms in total. The molecule has 3 aliphatic rings. The number of nitrogens with zero attached hydrogens (tertiary/aromatic N) is 3. The first-order valence-electron chi connectivity index (χ1n) is 10.9. The summed E-state index contributed by atoms with van der Waals surface area (Å²) in [4.78, 5) is 32.0. The van der Waals surface area contributed by atoms with Crippen molar-refractivity contribution in [3.05, 3.63) is 35.4 Å². The lowest BCUT2D eigenvalue weighted by Gasteiger charge is -2.43. The molecule has 2 aliphatic heterocycles. The summed E-state index contributed by atoms with van der Waals surface area (Å²) < 4.78 is 0. The van der Waals surface area contributed by atoms with Gasteiger partial charge < -0.3 is 14.7 Å². The summed E-state index contributed by atoms with van der Waals surface area (Å²) in [5.41, 5.74) is 1.79. The second kappa shape index (κ2) is 7.86. The minimum atomic E-state index is -0.211. The van der Waals surface area contributed by atoms with Crippen molar-refractivity contribution >= 4 is 11.8 Å².